The lowest BCUT2D eigenvalue weighted by atomic mass is 10.2. The molecule has 2 aromatic heterocycles. The van der Waals surface area contributed by atoms with E-state index in [1.54, 1.807) is 6.07 Å². The third kappa shape index (κ3) is 3.73. The van der Waals surface area contributed by atoms with E-state index in [0.717, 1.165) is 25.9 Å². The van der Waals surface area contributed by atoms with Crippen LogP contribution in [-0.2, 0) is 0 Å². The van der Waals surface area contributed by atoms with E-state index in [9.17, 15) is 9.59 Å². The van der Waals surface area contributed by atoms with Crippen molar-refractivity contribution in [3.05, 3.63) is 40.6 Å². The molecule has 0 aliphatic carbocycles. The zero-order valence-corrected chi connectivity index (χ0v) is 13.5. The predicted octanol–water partition coefficient (Wildman–Crippen LogP) is 2.81. The van der Waals surface area contributed by atoms with Gasteiger partial charge in [-0.15, -0.1) is 11.3 Å². The number of carbonyl (C=O) groups is 2. The smallest absolute Gasteiger partial charge is 0.275 e. The van der Waals surface area contributed by atoms with E-state index >= 15 is 0 Å². The molecule has 2 amide bonds. The van der Waals surface area contributed by atoms with Crippen LogP contribution in [0.3, 0.4) is 0 Å². The van der Waals surface area contributed by atoms with Crippen LogP contribution in [0.4, 0.5) is 5.69 Å². The summed E-state index contributed by atoms with van der Waals surface area (Å²) in [5.41, 5.74) is 0.770. The standard InChI is InChI=1S/C16H18N4O2S/c21-15(13-11-17-6-7-18-13)19-12-5-10-23-14(12)16(22)20-8-3-1-2-4-9-20/h5-7,10-11H,1-4,8-9H2,(H,19,21). The van der Waals surface area contributed by atoms with Gasteiger partial charge in [-0.05, 0) is 24.3 Å². The van der Waals surface area contributed by atoms with Gasteiger partial charge in [0.05, 0.1) is 11.9 Å². The van der Waals surface area contributed by atoms with E-state index in [1.807, 2.05) is 10.3 Å². The molecule has 0 spiro atoms. The van der Waals surface area contributed by atoms with E-state index in [4.69, 9.17) is 0 Å². The third-order valence-corrected chi connectivity index (χ3v) is 4.70. The first kappa shape index (κ1) is 15.6. The summed E-state index contributed by atoms with van der Waals surface area (Å²) in [6, 6.07) is 1.75. The Balaban J connectivity index is 1.74. The SMILES string of the molecule is O=C(Nc1ccsc1C(=O)N1CCCCCC1)c1cnccn1. The lowest BCUT2D eigenvalue weighted by Gasteiger charge is -2.20. The fourth-order valence-electron chi connectivity index (χ4n) is 2.59. The van der Waals surface area contributed by atoms with Gasteiger partial charge in [0, 0.05) is 25.5 Å². The Labute approximate surface area is 138 Å². The van der Waals surface area contributed by atoms with Gasteiger partial charge < -0.3 is 10.2 Å². The van der Waals surface area contributed by atoms with Gasteiger partial charge in [-0.3, -0.25) is 14.6 Å². The maximum Gasteiger partial charge on any atom is 0.275 e. The Morgan fingerprint density at radius 3 is 2.61 bits per heavy atom. The van der Waals surface area contributed by atoms with E-state index in [2.05, 4.69) is 15.3 Å². The molecule has 0 atom stereocenters. The first-order valence-corrected chi connectivity index (χ1v) is 8.58. The van der Waals surface area contributed by atoms with E-state index < -0.39 is 0 Å². The summed E-state index contributed by atoms with van der Waals surface area (Å²) in [6.45, 7) is 1.57. The van der Waals surface area contributed by atoms with Crippen LogP contribution in [0.25, 0.3) is 0 Å². The number of anilines is 1. The van der Waals surface area contributed by atoms with Crippen molar-refractivity contribution < 1.29 is 9.59 Å². The second-order valence-electron chi connectivity index (χ2n) is 5.41. The predicted molar refractivity (Wildman–Crippen MR) is 88.7 cm³/mol. The van der Waals surface area contributed by atoms with Gasteiger partial charge >= 0.3 is 0 Å². The van der Waals surface area contributed by atoms with Crippen LogP contribution in [-0.4, -0.2) is 39.8 Å². The Hall–Kier alpha value is -2.28. The molecule has 1 saturated heterocycles. The largest absolute Gasteiger partial charge is 0.338 e. The minimum absolute atomic E-state index is 0.00338. The number of hydrogen-bond acceptors (Lipinski definition) is 5. The number of carbonyl (C=O) groups excluding carboxylic acids is 2. The van der Waals surface area contributed by atoms with Crippen molar-refractivity contribution in [3.63, 3.8) is 0 Å². The summed E-state index contributed by atoms with van der Waals surface area (Å²) in [5.74, 6) is -0.363. The van der Waals surface area contributed by atoms with Crippen molar-refractivity contribution in [1.29, 1.82) is 0 Å². The number of rotatable bonds is 3. The first-order valence-electron chi connectivity index (χ1n) is 7.70. The Bertz CT molecular complexity index is 678. The quantitative estimate of drug-likeness (QED) is 0.939. The summed E-state index contributed by atoms with van der Waals surface area (Å²) < 4.78 is 0. The fourth-order valence-corrected chi connectivity index (χ4v) is 3.41. The molecule has 23 heavy (non-hydrogen) atoms. The fraction of sp³-hybridized carbons (Fsp3) is 0.375. The molecule has 7 heteroatoms. The Morgan fingerprint density at radius 1 is 1.13 bits per heavy atom. The molecular weight excluding hydrogens is 312 g/mol. The normalized spacial score (nSPS) is 15.0. The van der Waals surface area contributed by atoms with Crippen molar-refractivity contribution >= 4 is 28.8 Å². The van der Waals surface area contributed by atoms with Crippen LogP contribution < -0.4 is 5.32 Å². The van der Waals surface area contributed by atoms with Gasteiger partial charge in [0.15, 0.2) is 0 Å². The molecule has 6 nitrogen and oxygen atoms in total. The number of nitrogens with one attached hydrogen (secondary N) is 1. The van der Waals surface area contributed by atoms with Crippen molar-refractivity contribution in [2.75, 3.05) is 18.4 Å². The van der Waals surface area contributed by atoms with Gasteiger partial charge in [0.1, 0.15) is 10.6 Å². The molecule has 0 saturated carbocycles. The zero-order chi connectivity index (χ0) is 16.1. The molecule has 1 fully saturated rings. The van der Waals surface area contributed by atoms with Gasteiger partial charge in [0.25, 0.3) is 11.8 Å². The van der Waals surface area contributed by atoms with Crippen LogP contribution >= 0.6 is 11.3 Å². The summed E-state index contributed by atoms with van der Waals surface area (Å²) >= 11 is 1.35. The number of hydrogen-bond donors (Lipinski definition) is 1. The highest BCUT2D eigenvalue weighted by molar-refractivity contribution is 7.12. The van der Waals surface area contributed by atoms with Crippen molar-refractivity contribution in [1.82, 2.24) is 14.9 Å². The first-order chi connectivity index (χ1) is 11.3. The van der Waals surface area contributed by atoms with Crippen LogP contribution in [0, 0.1) is 0 Å². The molecule has 1 N–H and O–H groups in total. The van der Waals surface area contributed by atoms with Gasteiger partial charge in [-0.25, -0.2) is 4.98 Å². The topological polar surface area (TPSA) is 75.2 Å². The molecule has 3 rings (SSSR count). The Morgan fingerprint density at radius 2 is 1.91 bits per heavy atom. The number of thiophene rings is 1. The van der Waals surface area contributed by atoms with Crippen LogP contribution in [0.1, 0.15) is 45.8 Å². The van der Waals surface area contributed by atoms with Gasteiger partial charge in [-0.2, -0.15) is 0 Å². The van der Waals surface area contributed by atoms with E-state index in [-0.39, 0.29) is 17.5 Å². The average molecular weight is 330 g/mol. The second kappa shape index (κ2) is 7.32. The summed E-state index contributed by atoms with van der Waals surface area (Å²) in [7, 11) is 0. The average Bonchev–Trinajstić information content (AvgIpc) is 2.87. The van der Waals surface area contributed by atoms with Crippen LogP contribution in [0.5, 0.6) is 0 Å². The van der Waals surface area contributed by atoms with E-state index in [1.165, 1.54) is 42.8 Å². The third-order valence-electron chi connectivity index (χ3n) is 3.80. The highest BCUT2D eigenvalue weighted by Crippen LogP contribution is 2.25. The zero-order valence-electron chi connectivity index (χ0n) is 12.7. The molecule has 1 aliphatic rings. The molecule has 0 radical (unpaired) electrons. The molecular formula is C16H18N4O2S. The highest BCUT2D eigenvalue weighted by atomic mass is 32.1. The van der Waals surface area contributed by atoms with Crippen molar-refractivity contribution in [2.45, 2.75) is 25.7 Å². The molecule has 1 aliphatic heterocycles. The van der Waals surface area contributed by atoms with Crippen molar-refractivity contribution in [2.24, 2.45) is 0 Å². The molecule has 0 aromatic carbocycles. The molecule has 0 unspecified atom stereocenters. The number of likely N-dealkylation sites (tertiary alicyclic amines) is 1. The maximum absolute atomic E-state index is 12.7. The molecule has 3 heterocycles. The summed E-state index contributed by atoms with van der Waals surface area (Å²) in [6.07, 6.45) is 8.80. The minimum atomic E-state index is -0.360. The number of nitrogens with zero attached hydrogens (tertiary/aromatic N) is 3. The van der Waals surface area contributed by atoms with Crippen molar-refractivity contribution in [3.8, 4) is 0 Å². The van der Waals surface area contributed by atoms with Crippen LogP contribution in [0.2, 0.25) is 0 Å². The van der Waals surface area contributed by atoms with E-state index in [0.29, 0.717) is 10.6 Å². The highest BCUT2D eigenvalue weighted by Gasteiger charge is 2.22. The van der Waals surface area contributed by atoms with Crippen LogP contribution in [0.15, 0.2) is 30.0 Å². The summed E-state index contributed by atoms with van der Waals surface area (Å²) in [4.78, 5) is 35.2. The van der Waals surface area contributed by atoms with Gasteiger partial charge in [0.2, 0.25) is 0 Å². The minimum Gasteiger partial charge on any atom is -0.338 e. The molecule has 2 aromatic rings. The lowest BCUT2D eigenvalue weighted by molar-refractivity contribution is 0.0767. The molecule has 0 bridgehead atoms. The monoisotopic (exact) mass is 330 g/mol. The number of amides is 2. The summed E-state index contributed by atoms with van der Waals surface area (Å²) in [5, 5.41) is 4.58. The number of aromatic nitrogens is 2. The lowest BCUT2D eigenvalue weighted by Crippen LogP contribution is -2.32. The maximum atomic E-state index is 12.7. The molecule has 120 valence electrons. The second-order valence-corrected chi connectivity index (χ2v) is 6.33. The van der Waals surface area contributed by atoms with Gasteiger partial charge in [-0.1, -0.05) is 12.8 Å². The Kier molecular flexibility index (Phi) is 4.97.